The lowest BCUT2D eigenvalue weighted by molar-refractivity contribution is -0.129. The van der Waals surface area contributed by atoms with Crippen LogP contribution in [0, 0.1) is 5.82 Å². The van der Waals surface area contributed by atoms with E-state index in [4.69, 9.17) is 4.74 Å². The van der Waals surface area contributed by atoms with E-state index in [9.17, 15) is 14.0 Å². The van der Waals surface area contributed by atoms with Gasteiger partial charge in [0, 0.05) is 6.54 Å². The van der Waals surface area contributed by atoms with Crippen molar-refractivity contribution in [2.45, 2.75) is 45.1 Å². The molecule has 0 saturated carbocycles. The third-order valence-corrected chi connectivity index (χ3v) is 4.86. The summed E-state index contributed by atoms with van der Waals surface area (Å²) < 4.78 is 18.2. The normalized spacial score (nSPS) is 14.1. The van der Waals surface area contributed by atoms with Crippen molar-refractivity contribution in [3.63, 3.8) is 0 Å². The highest BCUT2D eigenvalue weighted by Crippen LogP contribution is 2.22. The van der Waals surface area contributed by atoms with Gasteiger partial charge < -0.3 is 10.1 Å². The molecule has 5 heteroatoms. The van der Waals surface area contributed by atoms with E-state index in [-0.39, 0.29) is 11.7 Å². The number of ether oxygens (including phenoxy) is 1. The van der Waals surface area contributed by atoms with Crippen LogP contribution < -0.4 is 5.32 Å². The second kappa shape index (κ2) is 8.80. The van der Waals surface area contributed by atoms with Crippen molar-refractivity contribution >= 4 is 11.9 Å². The highest BCUT2D eigenvalue weighted by Gasteiger charge is 2.20. The number of rotatable bonds is 6. The van der Waals surface area contributed by atoms with Crippen LogP contribution in [0.15, 0.2) is 42.5 Å². The van der Waals surface area contributed by atoms with Crippen LogP contribution >= 0.6 is 0 Å². The van der Waals surface area contributed by atoms with Crippen LogP contribution in [0.3, 0.4) is 0 Å². The number of hydrogen-bond acceptors (Lipinski definition) is 3. The summed E-state index contributed by atoms with van der Waals surface area (Å²) in [4.78, 5) is 24.5. The Bertz CT molecular complexity index is 817. The van der Waals surface area contributed by atoms with Crippen LogP contribution in [-0.2, 0) is 28.8 Å². The van der Waals surface area contributed by atoms with Crippen molar-refractivity contribution in [1.82, 2.24) is 5.32 Å². The molecule has 2 aromatic carbocycles. The average Bonchev–Trinajstić information content (AvgIpc) is 2.69. The van der Waals surface area contributed by atoms with Crippen molar-refractivity contribution in [2.75, 3.05) is 6.54 Å². The molecule has 0 radical (unpaired) electrons. The van der Waals surface area contributed by atoms with Crippen LogP contribution in [0.5, 0.6) is 0 Å². The van der Waals surface area contributed by atoms with Crippen molar-refractivity contribution in [2.24, 2.45) is 0 Å². The summed E-state index contributed by atoms with van der Waals surface area (Å²) in [5, 5.41) is 2.74. The fourth-order valence-electron chi connectivity index (χ4n) is 3.27. The van der Waals surface area contributed by atoms with Gasteiger partial charge in [-0.05, 0) is 80.0 Å². The van der Waals surface area contributed by atoms with E-state index < -0.39 is 12.1 Å². The fraction of sp³-hybridized carbons (Fsp3) is 0.364. The van der Waals surface area contributed by atoms with E-state index in [1.165, 1.54) is 29.7 Å². The molecular weight excluding hydrogens is 345 g/mol. The maximum Gasteiger partial charge on any atom is 0.338 e. The molecule has 1 amide bonds. The number of carbonyl (C=O) groups excluding carboxylic acids is 2. The Morgan fingerprint density at radius 2 is 1.78 bits per heavy atom. The van der Waals surface area contributed by atoms with Gasteiger partial charge in [0.1, 0.15) is 5.82 Å². The minimum atomic E-state index is -0.873. The molecule has 27 heavy (non-hydrogen) atoms. The van der Waals surface area contributed by atoms with E-state index in [2.05, 4.69) is 5.32 Å². The lowest BCUT2D eigenvalue weighted by atomic mass is 9.90. The molecule has 0 fully saturated rings. The summed E-state index contributed by atoms with van der Waals surface area (Å²) >= 11 is 0. The predicted molar refractivity (Wildman–Crippen MR) is 101 cm³/mol. The van der Waals surface area contributed by atoms with Gasteiger partial charge >= 0.3 is 5.97 Å². The van der Waals surface area contributed by atoms with Gasteiger partial charge in [-0.3, -0.25) is 4.79 Å². The number of halogens is 1. The minimum Gasteiger partial charge on any atom is -0.449 e. The molecule has 142 valence electrons. The topological polar surface area (TPSA) is 55.4 Å². The lowest BCUT2D eigenvalue weighted by Gasteiger charge is -2.17. The molecule has 0 bridgehead atoms. The largest absolute Gasteiger partial charge is 0.449 e. The summed E-state index contributed by atoms with van der Waals surface area (Å²) in [5.41, 5.74) is 3.91. The number of hydrogen-bond donors (Lipinski definition) is 1. The highest BCUT2D eigenvalue weighted by molar-refractivity contribution is 5.92. The minimum absolute atomic E-state index is 0.287. The standard InChI is InChI=1S/C22H24FNO3/c1-15(21(25)24-13-12-16-6-10-20(23)11-7-16)27-22(26)19-9-8-17-4-2-3-5-18(17)14-19/h6-11,14-15H,2-5,12-13H2,1H3,(H,24,25)/t15-/m0/s1. The van der Waals surface area contributed by atoms with E-state index in [1.54, 1.807) is 25.1 Å². The van der Waals surface area contributed by atoms with Crippen molar-refractivity contribution in [3.05, 3.63) is 70.5 Å². The number of nitrogens with one attached hydrogen (secondary N) is 1. The molecule has 0 spiro atoms. The molecule has 0 unspecified atom stereocenters. The van der Waals surface area contributed by atoms with Gasteiger partial charge in [0.25, 0.3) is 5.91 Å². The molecule has 2 aromatic rings. The molecule has 0 heterocycles. The van der Waals surface area contributed by atoms with Crippen molar-refractivity contribution in [1.29, 1.82) is 0 Å². The molecular formula is C22H24FNO3. The summed E-state index contributed by atoms with van der Waals surface area (Å²) in [7, 11) is 0. The Morgan fingerprint density at radius 1 is 1.07 bits per heavy atom. The van der Waals surface area contributed by atoms with Crippen molar-refractivity contribution in [3.8, 4) is 0 Å². The number of carbonyl (C=O) groups is 2. The third-order valence-electron chi connectivity index (χ3n) is 4.86. The van der Waals surface area contributed by atoms with E-state index in [0.717, 1.165) is 24.8 Å². The van der Waals surface area contributed by atoms with Gasteiger partial charge in [-0.15, -0.1) is 0 Å². The van der Waals surface area contributed by atoms with Crippen LogP contribution in [0.1, 0.15) is 46.8 Å². The molecule has 0 aliphatic heterocycles. The van der Waals surface area contributed by atoms with E-state index in [0.29, 0.717) is 18.5 Å². The van der Waals surface area contributed by atoms with Gasteiger partial charge in [0.2, 0.25) is 0 Å². The van der Waals surface area contributed by atoms with Crippen molar-refractivity contribution < 1.29 is 18.7 Å². The second-order valence-electron chi connectivity index (χ2n) is 6.91. The summed E-state index contributed by atoms with van der Waals surface area (Å²) in [6.45, 7) is 1.95. The van der Waals surface area contributed by atoms with Crippen LogP contribution in [0.4, 0.5) is 4.39 Å². The monoisotopic (exact) mass is 369 g/mol. The SMILES string of the molecule is C[C@H](OC(=O)c1ccc2c(c1)CCCC2)C(=O)NCCc1ccc(F)cc1. The summed E-state index contributed by atoms with van der Waals surface area (Å²) in [6.07, 6.45) is 4.07. The molecule has 3 rings (SSSR count). The van der Waals surface area contributed by atoms with Crippen LogP contribution in [0.25, 0.3) is 0 Å². The summed E-state index contributed by atoms with van der Waals surface area (Å²) in [5.74, 6) is -1.11. The molecule has 1 atom stereocenters. The Kier molecular flexibility index (Phi) is 6.22. The Labute approximate surface area is 158 Å². The number of esters is 1. The maximum atomic E-state index is 12.9. The molecule has 1 aliphatic rings. The van der Waals surface area contributed by atoms with Gasteiger partial charge in [-0.2, -0.15) is 0 Å². The zero-order chi connectivity index (χ0) is 19.2. The average molecular weight is 369 g/mol. The van der Waals surface area contributed by atoms with Gasteiger partial charge in [0.05, 0.1) is 5.56 Å². The Hall–Kier alpha value is -2.69. The predicted octanol–water partition coefficient (Wildman–Crippen LogP) is 3.61. The maximum absolute atomic E-state index is 12.9. The zero-order valence-corrected chi connectivity index (χ0v) is 15.5. The van der Waals surface area contributed by atoms with Crippen LogP contribution in [-0.4, -0.2) is 24.5 Å². The van der Waals surface area contributed by atoms with Gasteiger partial charge in [0.15, 0.2) is 6.10 Å². The third kappa shape index (κ3) is 5.16. The lowest BCUT2D eigenvalue weighted by Crippen LogP contribution is -2.36. The smallest absolute Gasteiger partial charge is 0.338 e. The van der Waals surface area contributed by atoms with Crippen LogP contribution in [0.2, 0.25) is 0 Å². The quantitative estimate of drug-likeness (QED) is 0.792. The van der Waals surface area contributed by atoms with Gasteiger partial charge in [-0.1, -0.05) is 18.2 Å². The Balaban J connectivity index is 1.48. The molecule has 1 aliphatic carbocycles. The molecule has 0 aromatic heterocycles. The number of aryl methyl sites for hydroxylation is 2. The summed E-state index contributed by atoms with van der Waals surface area (Å²) in [6, 6.07) is 11.8. The zero-order valence-electron chi connectivity index (χ0n) is 15.5. The molecule has 1 N–H and O–H groups in total. The molecule has 4 nitrogen and oxygen atoms in total. The first kappa shape index (κ1) is 19.1. The van der Waals surface area contributed by atoms with Gasteiger partial charge in [-0.25, -0.2) is 9.18 Å². The Morgan fingerprint density at radius 3 is 2.52 bits per heavy atom. The number of fused-ring (bicyclic) bond motifs is 1. The first-order valence-electron chi connectivity index (χ1n) is 9.38. The number of benzene rings is 2. The van der Waals surface area contributed by atoms with E-state index in [1.807, 2.05) is 12.1 Å². The first-order chi connectivity index (χ1) is 13.0. The highest BCUT2D eigenvalue weighted by atomic mass is 19.1. The molecule has 0 saturated heterocycles. The number of amides is 1. The first-order valence-corrected chi connectivity index (χ1v) is 9.38. The second-order valence-corrected chi connectivity index (χ2v) is 6.91. The van der Waals surface area contributed by atoms with E-state index >= 15 is 0 Å². The fourth-order valence-corrected chi connectivity index (χ4v) is 3.27.